The van der Waals surface area contributed by atoms with E-state index in [9.17, 15) is 14.0 Å². The van der Waals surface area contributed by atoms with Gasteiger partial charge in [-0.25, -0.2) is 9.18 Å². The van der Waals surface area contributed by atoms with Gasteiger partial charge >= 0.3 is 5.97 Å². The Kier molecular flexibility index (Phi) is 4.93. The van der Waals surface area contributed by atoms with E-state index in [1.165, 1.54) is 6.07 Å². The third kappa shape index (κ3) is 3.76. The number of halogens is 1. The van der Waals surface area contributed by atoms with Crippen molar-refractivity contribution in [2.45, 2.75) is 25.9 Å². The third-order valence-electron chi connectivity index (χ3n) is 4.18. The second-order valence-corrected chi connectivity index (χ2v) is 5.93. The summed E-state index contributed by atoms with van der Waals surface area (Å²) < 4.78 is 19.6. The Bertz CT molecular complexity index is 830. The van der Waals surface area contributed by atoms with Crippen LogP contribution in [0.2, 0.25) is 0 Å². The van der Waals surface area contributed by atoms with E-state index in [2.05, 4.69) is 5.32 Å². The van der Waals surface area contributed by atoms with Crippen molar-refractivity contribution in [1.29, 1.82) is 0 Å². The largest absolute Gasteiger partial charge is 0.457 e. The lowest BCUT2D eigenvalue weighted by molar-refractivity contribution is -0.141. The standard InChI is InChI=1S/C20H18FNO3/c1-13-19(20(24)25-12-14-7-3-2-4-8-14)16(11-18(23)22-13)15-9-5-6-10-17(15)21/h2-10,16H,11-12H2,1H3,(H,22,23)/t16-/m1/s1. The Morgan fingerprint density at radius 2 is 1.84 bits per heavy atom. The van der Waals surface area contributed by atoms with Crippen LogP contribution in [-0.4, -0.2) is 11.9 Å². The number of hydrogen-bond donors (Lipinski definition) is 1. The summed E-state index contributed by atoms with van der Waals surface area (Å²) in [5.74, 6) is -1.89. The summed E-state index contributed by atoms with van der Waals surface area (Å²) >= 11 is 0. The van der Waals surface area contributed by atoms with E-state index in [4.69, 9.17) is 4.74 Å². The average Bonchev–Trinajstić information content (AvgIpc) is 2.60. The van der Waals surface area contributed by atoms with Crippen LogP contribution >= 0.6 is 0 Å². The van der Waals surface area contributed by atoms with Crippen molar-refractivity contribution >= 4 is 11.9 Å². The van der Waals surface area contributed by atoms with Crippen LogP contribution in [0.4, 0.5) is 4.39 Å². The number of ether oxygens (including phenoxy) is 1. The minimum atomic E-state index is -0.654. The van der Waals surface area contributed by atoms with E-state index >= 15 is 0 Å². The molecule has 25 heavy (non-hydrogen) atoms. The van der Waals surface area contributed by atoms with Gasteiger partial charge in [-0.15, -0.1) is 0 Å². The molecule has 0 unspecified atom stereocenters. The summed E-state index contributed by atoms with van der Waals surface area (Å²) in [5, 5.41) is 2.65. The second kappa shape index (κ2) is 7.30. The first kappa shape index (κ1) is 16.9. The first-order valence-corrected chi connectivity index (χ1v) is 8.02. The van der Waals surface area contributed by atoms with Crippen LogP contribution in [0.1, 0.15) is 30.4 Å². The maximum Gasteiger partial charge on any atom is 0.336 e. The lowest BCUT2D eigenvalue weighted by atomic mass is 9.84. The predicted molar refractivity (Wildman–Crippen MR) is 90.8 cm³/mol. The maximum atomic E-state index is 14.2. The van der Waals surface area contributed by atoms with Crippen molar-refractivity contribution in [2.24, 2.45) is 0 Å². The number of nitrogens with one attached hydrogen (secondary N) is 1. The summed E-state index contributed by atoms with van der Waals surface area (Å²) in [6.07, 6.45) is 0.00798. The van der Waals surface area contributed by atoms with Gasteiger partial charge in [0.05, 0.1) is 5.57 Å². The van der Waals surface area contributed by atoms with Gasteiger partial charge in [0.2, 0.25) is 5.91 Å². The highest BCUT2D eigenvalue weighted by Gasteiger charge is 2.34. The molecule has 0 spiro atoms. The van der Waals surface area contributed by atoms with E-state index in [0.29, 0.717) is 16.8 Å². The highest BCUT2D eigenvalue weighted by Crippen LogP contribution is 2.34. The summed E-state index contributed by atoms with van der Waals surface area (Å²) in [4.78, 5) is 24.5. The second-order valence-electron chi connectivity index (χ2n) is 5.93. The Labute approximate surface area is 145 Å². The molecule has 0 saturated heterocycles. The molecule has 0 fully saturated rings. The zero-order valence-electron chi connectivity index (χ0n) is 13.8. The smallest absolute Gasteiger partial charge is 0.336 e. The van der Waals surface area contributed by atoms with Crippen LogP contribution in [-0.2, 0) is 20.9 Å². The van der Waals surface area contributed by atoms with Crippen LogP contribution in [0.3, 0.4) is 0 Å². The molecule has 1 aliphatic heterocycles. The van der Waals surface area contributed by atoms with Gasteiger partial charge in [0.1, 0.15) is 12.4 Å². The average molecular weight is 339 g/mol. The fourth-order valence-electron chi connectivity index (χ4n) is 3.00. The van der Waals surface area contributed by atoms with E-state index in [1.54, 1.807) is 25.1 Å². The van der Waals surface area contributed by atoms with Crippen molar-refractivity contribution in [2.75, 3.05) is 0 Å². The molecule has 1 amide bonds. The Hall–Kier alpha value is -2.95. The predicted octanol–water partition coefficient (Wildman–Crippen LogP) is 3.45. The first-order valence-electron chi connectivity index (χ1n) is 8.02. The topological polar surface area (TPSA) is 55.4 Å². The van der Waals surface area contributed by atoms with Gasteiger partial charge in [0.15, 0.2) is 0 Å². The highest BCUT2D eigenvalue weighted by atomic mass is 19.1. The number of rotatable bonds is 4. The highest BCUT2D eigenvalue weighted by molar-refractivity contribution is 5.95. The summed E-state index contributed by atoms with van der Waals surface area (Å²) in [6.45, 7) is 1.75. The Morgan fingerprint density at radius 3 is 2.56 bits per heavy atom. The zero-order valence-corrected chi connectivity index (χ0v) is 13.8. The van der Waals surface area contributed by atoms with Crippen molar-refractivity contribution in [3.8, 4) is 0 Å². The molecule has 1 N–H and O–H groups in total. The van der Waals surface area contributed by atoms with Crippen molar-refractivity contribution in [3.05, 3.63) is 82.8 Å². The molecule has 1 atom stereocenters. The minimum Gasteiger partial charge on any atom is -0.457 e. The molecule has 128 valence electrons. The lowest BCUT2D eigenvalue weighted by Crippen LogP contribution is -2.34. The number of amides is 1. The summed E-state index contributed by atoms with van der Waals surface area (Å²) in [5.41, 5.74) is 1.88. The number of carbonyl (C=O) groups excluding carboxylic acids is 2. The van der Waals surface area contributed by atoms with E-state index in [1.807, 2.05) is 30.3 Å². The maximum absolute atomic E-state index is 14.2. The molecule has 0 aliphatic carbocycles. The molecule has 0 saturated carbocycles. The Balaban J connectivity index is 1.87. The van der Waals surface area contributed by atoms with Crippen LogP contribution in [0.25, 0.3) is 0 Å². The summed E-state index contributed by atoms with van der Waals surface area (Å²) in [6, 6.07) is 15.5. The molecular formula is C20H18FNO3. The van der Waals surface area contributed by atoms with Crippen molar-refractivity contribution in [1.82, 2.24) is 5.32 Å². The SMILES string of the molecule is CC1=C(C(=O)OCc2ccccc2)[C@@H](c2ccccc2F)CC(=O)N1. The molecule has 0 aromatic heterocycles. The first-order chi connectivity index (χ1) is 12.1. The van der Waals surface area contributed by atoms with Crippen LogP contribution < -0.4 is 5.32 Å². The van der Waals surface area contributed by atoms with Crippen LogP contribution in [0.5, 0.6) is 0 Å². The lowest BCUT2D eigenvalue weighted by Gasteiger charge is -2.26. The number of hydrogen-bond acceptors (Lipinski definition) is 3. The molecule has 1 aliphatic rings. The Morgan fingerprint density at radius 1 is 1.16 bits per heavy atom. The number of benzene rings is 2. The number of esters is 1. The molecule has 5 heteroatoms. The van der Waals surface area contributed by atoms with Crippen LogP contribution in [0.15, 0.2) is 65.9 Å². The van der Waals surface area contributed by atoms with E-state index < -0.39 is 17.7 Å². The monoisotopic (exact) mass is 339 g/mol. The normalized spacial score (nSPS) is 17.2. The quantitative estimate of drug-likeness (QED) is 0.868. The molecule has 2 aromatic rings. The molecule has 4 nitrogen and oxygen atoms in total. The van der Waals surface area contributed by atoms with Gasteiger partial charge in [-0.3, -0.25) is 4.79 Å². The summed E-state index contributed by atoms with van der Waals surface area (Å²) in [7, 11) is 0. The molecule has 3 rings (SSSR count). The van der Waals surface area contributed by atoms with Gasteiger partial charge in [-0.2, -0.15) is 0 Å². The molecule has 1 heterocycles. The fraction of sp³-hybridized carbons (Fsp3) is 0.200. The molecule has 0 radical (unpaired) electrons. The molecular weight excluding hydrogens is 321 g/mol. The number of allylic oxidation sites excluding steroid dienone is 1. The van der Waals surface area contributed by atoms with Crippen molar-refractivity contribution < 1.29 is 18.7 Å². The van der Waals surface area contributed by atoms with Gasteiger partial charge < -0.3 is 10.1 Å². The van der Waals surface area contributed by atoms with E-state index in [0.717, 1.165) is 5.56 Å². The van der Waals surface area contributed by atoms with E-state index in [-0.39, 0.29) is 18.9 Å². The van der Waals surface area contributed by atoms with Crippen LogP contribution in [0, 0.1) is 5.82 Å². The molecule has 0 bridgehead atoms. The van der Waals surface area contributed by atoms with Gasteiger partial charge in [0, 0.05) is 18.0 Å². The van der Waals surface area contributed by atoms with Gasteiger partial charge in [-0.1, -0.05) is 48.5 Å². The molecule has 2 aromatic carbocycles. The van der Waals surface area contributed by atoms with Gasteiger partial charge in [-0.05, 0) is 24.1 Å². The minimum absolute atomic E-state index is 0.00798. The fourth-order valence-corrected chi connectivity index (χ4v) is 3.00. The third-order valence-corrected chi connectivity index (χ3v) is 4.18. The van der Waals surface area contributed by atoms with Crippen molar-refractivity contribution in [3.63, 3.8) is 0 Å². The van der Waals surface area contributed by atoms with Gasteiger partial charge in [0.25, 0.3) is 0 Å². The zero-order chi connectivity index (χ0) is 17.8. The number of carbonyl (C=O) groups is 2.